The first-order chi connectivity index (χ1) is 29.6. The molecule has 0 saturated heterocycles. The number of phenolic OH excluding ortho intramolecular Hbond substituents is 1. The van der Waals surface area contributed by atoms with E-state index in [-0.39, 0.29) is 43.1 Å². The van der Waals surface area contributed by atoms with Crippen molar-refractivity contribution in [2.24, 2.45) is 0 Å². The van der Waals surface area contributed by atoms with Crippen molar-refractivity contribution in [2.45, 2.75) is 105 Å². The molecular weight excluding hydrogens is 950 g/mol. The van der Waals surface area contributed by atoms with Gasteiger partial charge in [0.1, 0.15) is 11.6 Å². The van der Waals surface area contributed by atoms with Crippen LogP contribution in [0.5, 0.6) is 5.75 Å². The fourth-order valence-electron chi connectivity index (χ4n) is 8.36. The Morgan fingerprint density at radius 3 is 1.95 bits per heavy atom. The fraction of sp³-hybridized carbons (Fsp3) is 0.276. The zero-order chi connectivity index (χ0) is 45.2. The Morgan fingerprint density at radius 2 is 1.30 bits per heavy atom. The summed E-state index contributed by atoms with van der Waals surface area (Å²) < 4.78 is 11.2. The van der Waals surface area contributed by atoms with Gasteiger partial charge in [-0.1, -0.05) is 172 Å². The molecule has 0 saturated carbocycles. The SMILES string of the molecule is [2H]C(C)(C)c1ccc(-n2c(-c3cc(C)cc(C(C)(C)C)c3O)nc3c(-c4[c-]c(-c5cc(-c6ccc(C(C)(C)C)cc6)ccn5)cc(C(C)(C)C)c4)cccc32)c(-c2ccccc2)c1.[Pt]. The third kappa shape index (κ3) is 9.11. The maximum absolute atomic E-state index is 12.3. The molecule has 2 aromatic heterocycles. The van der Waals surface area contributed by atoms with E-state index in [1.54, 1.807) is 0 Å². The van der Waals surface area contributed by atoms with E-state index in [1.165, 1.54) is 5.56 Å². The van der Waals surface area contributed by atoms with E-state index in [0.717, 1.165) is 83.6 Å². The number of para-hydroxylation sites is 1. The smallest absolute Gasteiger partial charge is 0.148 e. The van der Waals surface area contributed by atoms with E-state index in [9.17, 15) is 5.11 Å². The van der Waals surface area contributed by atoms with Gasteiger partial charge in [-0.3, -0.25) is 9.55 Å². The number of nitrogens with zero attached hydrogens (tertiary/aromatic N) is 3. The number of imidazole rings is 1. The first-order valence-electron chi connectivity index (χ1n) is 22.3. The fourth-order valence-corrected chi connectivity index (χ4v) is 8.36. The molecule has 2 heterocycles. The van der Waals surface area contributed by atoms with Crippen LogP contribution in [0.25, 0.3) is 72.7 Å². The van der Waals surface area contributed by atoms with E-state index >= 15 is 0 Å². The van der Waals surface area contributed by atoms with Gasteiger partial charge in [0.2, 0.25) is 0 Å². The molecule has 6 aromatic carbocycles. The molecule has 0 atom stereocenters. The molecule has 0 aliphatic carbocycles. The second-order valence-electron chi connectivity index (χ2n) is 20.2. The minimum absolute atomic E-state index is 0. The molecule has 0 radical (unpaired) electrons. The summed E-state index contributed by atoms with van der Waals surface area (Å²) >= 11 is 0. The van der Waals surface area contributed by atoms with Crippen LogP contribution in [0, 0.1) is 13.0 Å². The number of aromatic nitrogens is 3. The molecule has 0 aliphatic heterocycles. The summed E-state index contributed by atoms with van der Waals surface area (Å²) in [6.07, 6.45) is 1.89. The number of hydrogen-bond donors (Lipinski definition) is 1. The Bertz CT molecular complexity index is 2990. The number of fused-ring (bicyclic) bond motifs is 1. The Labute approximate surface area is 391 Å². The molecular formula is C58H60N3OPt-. The predicted molar refractivity (Wildman–Crippen MR) is 261 cm³/mol. The van der Waals surface area contributed by atoms with Crippen molar-refractivity contribution in [3.63, 3.8) is 0 Å². The number of benzene rings is 6. The zero-order valence-electron chi connectivity index (χ0n) is 39.8. The summed E-state index contributed by atoms with van der Waals surface area (Å²) in [5, 5.41) is 12.3. The molecule has 63 heavy (non-hydrogen) atoms. The maximum Gasteiger partial charge on any atom is 0.148 e. The molecule has 8 rings (SSSR count). The average Bonchev–Trinajstić information content (AvgIpc) is 3.62. The molecule has 1 N–H and O–H groups in total. The van der Waals surface area contributed by atoms with Crippen molar-refractivity contribution < 1.29 is 27.5 Å². The zero-order valence-corrected chi connectivity index (χ0v) is 41.1. The summed E-state index contributed by atoms with van der Waals surface area (Å²) in [5.74, 6) is 0.0414. The van der Waals surface area contributed by atoms with Gasteiger partial charge in [0.05, 0.1) is 22.3 Å². The van der Waals surface area contributed by atoms with Crippen LogP contribution in [-0.2, 0) is 37.3 Å². The van der Waals surface area contributed by atoms with Crippen molar-refractivity contribution in [3.05, 3.63) is 167 Å². The normalized spacial score (nSPS) is 12.6. The second-order valence-corrected chi connectivity index (χ2v) is 20.2. The van der Waals surface area contributed by atoms with Crippen molar-refractivity contribution >= 4 is 11.0 Å². The van der Waals surface area contributed by atoms with Gasteiger partial charge >= 0.3 is 0 Å². The number of phenols is 1. The van der Waals surface area contributed by atoms with E-state index in [1.807, 2.05) is 44.3 Å². The number of aryl methyl sites for hydroxylation is 1. The number of aromatic hydroxyl groups is 1. The molecule has 0 fully saturated rings. The Hall–Kier alpha value is -5.57. The molecule has 0 bridgehead atoms. The van der Waals surface area contributed by atoms with Crippen LogP contribution in [0.15, 0.2) is 134 Å². The Morgan fingerprint density at radius 1 is 0.619 bits per heavy atom. The topological polar surface area (TPSA) is 50.9 Å². The summed E-state index contributed by atoms with van der Waals surface area (Å²) in [6.45, 7) is 25.8. The average molecular weight is 1010 g/mol. The van der Waals surface area contributed by atoms with Crippen LogP contribution in [0.2, 0.25) is 0 Å². The van der Waals surface area contributed by atoms with Gasteiger partial charge in [0, 0.05) is 45.5 Å². The quantitative estimate of drug-likeness (QED) is 0.162. The summed E-state index contributed by atoms with van der Waals surface area (Å²) in [6, 6.07) is 48.5. The molecule has 5 heteroatoms. The Kier molecular flexibility index (Phi) is 12.0. The van der Waals surface area contributed by atoms with Gasteiger partial charge in [0.15, 0.2) is 0 Å². The van der Waals surface area contributed by atoms with Crippen molar-refractivity contribution in [1.82, 2.24) is 14.5 Å². The predicted octanol–water partition coefficient (Wildman–Crippen LogP) is 15.6. The van der Waals surface area contributed by atoms with Gasteiger partial charge in [-0.15, -0.1) is 29.3 Å². The van der Waals surface area contributed by atoms with Crippen LogP contribution in [-0.4, -0.2) is 19.6 Å². The first kappa shape index (κ1) is 44.1. The van der Waals surface area contributed by atoms with E-state index < -0.39 is 5.89 Å². The van der Waals surface area contributed by atoms with Gasteiger partial charge < -0.3 is 5.11 Å². The molecule has 0 unspecified atom stereocenters. The first-order valence-corrected chi connectivity index (χ1v) is 21.8. The van der Waals surface area contributed by atoms with Crippen LogP contribution < -0.4 is 0 Å². The number of rotatable bonds is 7. The van der Waals surface area contributed by atoms with Crippen molar-refractivity contribution in [3.8, 4) is 67.5 Å². The van der Waals surface area contributed by atoms with Gasteiger partial charge in [0.25, 0.3) is 0 Å². The standard InChI is InChI=1S/C58H60N3O.Pt/c1-36(2)40-23-26-51(47(34-40)39-17-14-13-15-18-39)61-52-20-16-19-46(53(52)60-55(61)48-29-37(3)30-49(54(48)62)58(10,11)12)42-31-43(33-45(32-42)57(7,8)9)50-35-41(27-28-59-50)38-21-24-44(25-22-38)56(4,5)6;/h13-30,32-36,62H,1-12H3;/q-1;/i36D;. The number of hydrogen-bond acceptors (Lipinski definition) is 3. The largest absolute Gasteiger partial charge is 0.507 e. The van der Waals surface area contributed by atoms with Crippen molar-refractivity contribution in [2.75, 3.05) is 0 Å². The molecule has 4 nitrogen and oxygen atoms in total. The summed E-state index contributed by atoms with van der Waals surface area (Å²) in [7, 11) is 0. The molecule has 0 amide bonds. The van der Waals surface area contributed by atoms with Gasteiger partial charge in [-0.05, 0) is 92.8 Å². The summed E-state index contributed by atoms with van der Waals surface area (Å²) in [4.78, 5) is 10.5. The monoisotopic (exact) mass is 1010 g/mol. The van der Waals surface area contributed by atoms with Crippen LogP contribution in [0.4, 0.5) is 0 Å². The minimum atomic E-state index is -0.817. The third-order valence-corrected chi connectivity index (χ3v) is 12.0. The maximum atomic E-state index is 12.3. The van der Waals surface area contributed by atoms with Crippen LogP contribution in [0.3, 0.4) is 0 Å². The number of pyridine rings is 1. The summed E-state index contributed by atoms with van der Waals surface area (Å²) in [5.41, 5.74) is 16.0. The van der Waals surface area contributed by atoms with Crippen LogP contribution in [0.1, 0.15) is 111 Å². The van der Waals surface area contributed by atoms with Gasteiger partial charge in [-0.2, -0.15) is 0 Å². The van der Waals surface area contributed by atoms with Crippen molar-refractivity contribution in [1.29, 1.82) is 0 Å². The second kappa shape index (κ2) is 17.2. The minimum Gasteiger partial charge on any atom is -0.507 e. The van der Waals surface area contributed by atoms with E-state index in [4.69, 9.17) is 11.3 Å². The van der Waals surface area contributed by atoms with E-state index in [2.05, 4.69) is 183 Å². The molecule has 324 valence electrons. The molecule has 0 aliphatic rings. The third-order valence-electron chi connectivity index (χ3n) is 12.0. The Balaban J connectivity index is 0.00000612. The van der Waals surface area contributed by atoms with Crippen LogP contribution >= 0.6 is 0 Å². The van der Waals surface area contributed by atoms with Gasteiger partial charge in [-0.25, -0.2) is 4.98 Å². The van der Waals surface area contributed by atoms with E-state index in [0.29, 0.717) is 11.4 Å². The molecule has 0 spiro atoms. The molecule has 8 aromatic rings.